The van der Waals surface area contributed by atoms with Crippen molar-refractivity contribution >= 4 is 23.6 Å². The zero-order chi connectivity index (χ0) is 25.2. The summed E-state index contributed by atoms with van der Waals surface area (Å²) >= 11 is 0. The molecule has 1 saturated heterocycles. The van der Waals surface area contributed by atoms with E-state index in [9.17, 15) is 32.7 Å². The van der Waals surface area contributed by atoms with Gasteiger partial charge in [-0.1, -0.05) is 36.4 Å². The Morgan fingerprint density at radius 2 is 1.80 bits per heavy atom. The number of para-hydroxylation sites is 1. The van der Waals surface area contributed by atoms with Crippen molar-refractivity contribution in [1.29, 1.82) is 0 Å². The Kier molecular flexibility index (Phi) is 7.00. The molecular weight excluding hydrogens is 463 g/mol. The number of carbonyl (C=O) groups is 3. The molecule has 2 aliphatic heterocycles. The fraction of sp³-hybridized carbons (Fsp3) is 0.400. The van der Waals surface area contributed by atoms with Gasteiger partial charge in [-0.05, 0) is 42.5 Å². The van der Waals surface area contributed by atoms with Gasteiger partial charge < -0.3 is 20.2 Å². The molecule has 2 aliphatic rings. The van der Waals surface area contributed by atoms with E-state index in [2.05, 4.69) is 5.32 Å². The summed E-state index contributed by atoms with van der Waals surface area (Å²) in [5.41, 5.74) is 1.18. The summed E-state index contributed by atoms with van der Waals surface area (Å²) in [6.07, 6.45) is -3.87. The minimum atomic E-state index is -4.53. The third kappa shape index (κ3) is 5.75. The van der Waals surface area contributed by atoms with Gasteiger partial charge in [0.2, 0.25) is 5.91 Å². The molecule has 186 valence electrons. The summed E-state index contributed by atoms with van der Waals surface area (Å²) in [6.45, 7) is 1.24. The highest BCUT2D eigenvalue weighted by Crippen LogP contribution is 2.31. The van der Waals surface area contributed by atoms with Gasteiger partial charge in [-0.2, -0.15) is 13.2 Å². The number of hydrogen-bond donors (Lipinski definition) is 2. The lowest BCUT2D eigenvalue weighted by Crippen LogP contribution is -2.51. The Balaban J connectivity index is 1.34. The Morgan fingerprint density at radius 1 is 1.09 bits per heavy atom. The van der Waals surface area contributed by atoms with Gasteiger partial charge in [-0.15, -0.1) is 0 Å². The average Bonchev–Trinajstić information content (AvgIpc) is 2.83. The van der Waals surface area contributed by atoms with Crippen molar-refractivity contribution in [3.63, 3.8) is 0 Å². The van der Waals surface area contributed by atoms with Crippen LogP contribution in [-0.4, -0.2) is 51.9 Å². The maximum absolute atomic E-state index is 13.0. The number of rotatable bonds is 6. The van der Waals surface area contributed by atoms with Crippen LogP contribution in [0, 0.1) is 5.92 Å². The van der Waals surface area contributed by atoms with Crippen molar-refractivity contribution in [2.24, 2.45) is 5.92 Å². The van der Waals surface area contributed by atoms with E-state index >= 15 is 0 Å². The number of nitrogens with zero attached hydrogens (tertiary/aromatic N) is 2. The summed E-state index contributed by atoms with van der Waals surface area (Å²) < 4.78 is 38.9. The molecule has 0 spiro atoms. The van der Waals surface area contributed by atoms with Crippen LogP contribution in [0.5, 0.6) is 0 Å². The monoisotopic (exact) mass is 489 g/mol. The second-order valence-corrected chi connectivity index (χ2v) is 8.97. The van der Waals surface area contributed by atoms with Crippen molar-refractivity contribution < 1.29 is 32.7 Å². The van der Waals surface area contributed by atoms with Gasteiger partial charge in [0, 0.05) is 37.8 Å². The number of alkyl halides is 3. The summed E-state index contributed by atoms with van der Waals surface area (Å²) in [5, 5.41) is 12.5. The number of amides is 3. The topological polar surface area (TPSA) is 89.9 Å². The molecule has 2 aromatic carbocycles. The first-order valence-corrected chi connectivity index (χ1v) is 11.4. The van der Waals surface area contributed by atoms with Gasteiger partial charge in [0.25, 0.3) is 0 Å². The zero-order valence-electron chi connectivity index (χ0n) is 18.9. The highest BCUT2D eigenvalue weighted by Gasteiger charge is 2.34. The van der Waals surface area contributed by atoms with E-state index in [0.29, 0.717) is 32.5 Å². The van der Waals surface area contributed by atoms with Crippen LogP contribution in [0.1, 0.15) is 36.0 Å². The SMILES string of the molecule is O=C(O)[C@@H](CC(=O)N1CCC(N2Cc3ccccc3NC2=O)CC1)Cc1cccc(C(F)(F)F)c1. The molecule has 7 nitrogen and oxygen atoms in total. The number of piperidine rings is 1. The molecule has 0 bridgehead atoms. The first-order valence-electron chi connectivity index (χ1n) is 11.4. The zero-order valence-corrected chi connectivity index (χ0v) is 18.9. The molecule has 0 aliphatic carbocycles. The van der Waals surface area contributed by atoms with Crippen molar-refractivity contribution in [3.8, 4) is 0 Å². The Hall–Kier alpha value is -3.56. The van der Waals surface area contributed by atoms with Crippen LogP contribution in [0.2, 0.25) is 0 Å². The van der Waals surface area contributed by atoms with Crippen LogP contribution in [0.25, 0.3) is 0 Å². The number of aliphatic carboxylic acids is 1. The van der Waals surface area contributed by atoms with Crippen LogP contribution >= 0.6 is 0 Å². The number of benzene rings is 2. The molecule has 2 aromatic rings. The van der Waals surface area contributed by atoms with Gasteiger partial charge in [0.05, 0.1) is 11.5 Å². The number of fused-ring (bicyclic) bond motifs is 1. The summed E-state index contributed by atoms with van der Waals surface area (Å²) in [6, 6.07) is 11.9. The lowest BCUT2D eigenvalue weighted by Gasteiger charge is -2.40. The standard InChI is InChI=1S/C25H26F3N3O4/c26-25(27,28)19-6-3-4-16(13-19)12-18(23(33)34)14-22(32)30-10-8-20(9-11-30)31-15-17-5-1-2-7-21(17)29-24(31)35/h1-7,13,18,20H,8-12,14-15H2,(H,29,35)(H,33,34)/t18-/m1/s1. The minimum absolute atomic E-state index is 0.0483. The molecule has 0 unspecified atom stereocenters. The molecule has 0 aromatic heterocycles. The number of halogens is 3. The molecule has 1 fully saturated rings. The number of carboxylic acid groups (broad SMARTS) is 1. The first-order chi connectivity index (χ1) is 16.6. The number of carbonyl (C=O) groups excluding carboxylic acids is 2. The number of anilines is 1. The Morgan fingerprint density at radius 3 is 2.49 bits per heavy atom. The molecule has 35 heavy (non-hydrogen) atoms. The van der Waals surface area contributed by atoms with Crippen molar-refractivity contribution in [2.45, 2.75) is 44.4 Å². The number of hydrogen-bond acceptors (Lipinski definition) is 3. The highest BCUT2D eigenvalue weighted by atomic mass is 19.4. The van der Waals surface area contributed by atoms with E-state index < -0.39 is 23.6 Å². The van der Waals surface area contributed by atoms with Crippen LogP contribution in [0.4, 0.5) is 23.7 Å². The lowest BCUT2D eigenvalue weighted by atomic mass is 9.94. The maximum Gasteiger partial charge on any atom is 0.416 e. The van der Waals surface area contributed by atoms with E-state index in [1.807, 2.05) is 24.3 Å². The molecule has 4 rings (SSSR count). The third-order valence-corrected chi connectivity index (χ3v) is 6.63. The quantitative estimate of drug-likeness (QED) is 0.630. The summed E-state index contributed by atoms with van der Waals surface area (Å²) in [7, 11) is 0. The number of carboxylic acids is 1. The molecule has 2 N–H and O–H groups in total. The normalized spacial score (nSPS) is 17.5. The summed E-state index contributed by atoms with van der Waals surface area (Å²) in [5.74, 6) is -2.71. The van der Waals surface area contributed by atoms with E-state index in [0.717, 1.165) is 23.4 Å². The van der Waals surface area contributed by atoms with Crippen LogP contribution in [0.3, 0.4) is 0 Å². The van der Waals surface area contributed by atoms with Gasteiger partial charge >= 0.3 is 18.2 Å². The van der Waals surface area contributed by atoms with Crippen LogP contribution in [0.15, 0.2) is 48.5 Å². The second-order valence-electron chi connectivity index (χ2n) is 8.97. The molecular formula is C25H26F3N3O4. The lowest BCUT2D eigenvalue weighted by molar-refractivity contribution is -0.146. The second kappa shape index (κ2) is 9.97. The van der Waals surface area contributed by atoms with Gasteiger partial charge in [0.15, 0.2) is 0 Å². The Labute approximate surface area is 200 Å². The van der Waals surface area contributed by atoms with Crippen LogP contribution < -0.4 is 5.32 Å². The molecule has 3 amide bonds. The Bertz CT molecular complexity index is 1110. The fourth-order valence-corrected chi connectivity index (χ4v) is 4.69. The first kappa shape index (κ1) is 24.6. The predicted octanol–water partition coefficient (Wildman–Crippen LogP) is 4.38. The van der Waals surface area contributed by atoms with E-state index in [1.54, 1.807) is 9.80 Å². The summed E-state index contributed by atoms with van der Waals surface area (Å²) in [4.78, 5) is 40.5. The average molecular weight is 489 g/mol. The molecule has 10 heteroatoms. The van der Waals surface area contributed by atoms with E-state index in [4.69, 9.17) is 0 Å². The van der Waals surface area contributed by atoms with Gasteiger partial charge in [-0.3, -0.25) is 9.59 Å². The minimum Gasteiger partial charge on any atom is -0.481 e. The van der Waals surface area contributed by atoms with E-state index in [1.165, 1.54) is 12.1 Å². The fourth-order valence-electron chi connectivity index (χ4n) is 4.69. The number of nitrogens with one attached hydrogen (secondary N) is 1. The smallest absolute Gasteiger partial charge is 0.416 e. The maximum atomic E-state index is 13.0. The third-order valence-electron chi connectivity index (χ3n) is 6.63. The predicted molar refractivity (Wildman–Crippen MR) is 121 cm³/mol. The largest absolute Gasteiger partial charge is 0.481 e. The molecule has 0 saturated carbocycles. The van der Waals surface area contributed by atoms with Gasteiger partial charge in [0.1, 0.15) is 0 Å². The molecule has 2 heterocycles. The molecule has 1 atom stereocenters. The van der Waals surface area contributed by atoms with Crippen molar-refractivity contribution in [2.75, 3.05) is 18.4 Å². The van der Waals surface area contributed by atoms with E-state index in [-0.39, 0.29) is 36.4 Å². The number of likely N-dealkylation sites (tertiary alicyclic amines) is 1. The highest BCUT2D eigenvalue weighted by molar-refractivity contribution is 5.92. The molecule has 0 radical (unpaired) electrons. The van der Waals surface area contributed by atoms with Crippen LogP contribution in [-0.2, 0) is 28.7 Å². The van der Waals surface area contributed by atoms with Gasteiger partial charge in [-0.25, -0.2) is 4.79 Å². The van der Waals surface area contributed by atoms with Crippen molar-refractivity contribution in [3.05, 3.63) is 65.2 Å². The number of urea groups is 1. The van der Waals surface area contributed by atoms with Crippen molar-refractivity contribution in [1.82, 2.24) is 9.80 Å².